The summed E-state index contributed by atoms with van der Waals surface area (Å²) in [5, 5.41) is 0. The molecule has 2 aromatic rings. The fraction of sp³-hybridized carbons (Fsp3) is 0.435. The minimum Gasteiger partial charge on any atom is -0.340 e. The molecule has 1 fully saturated rings. The van der Waals surface area contributed by atoms with Crippen molar-refractivity contribution in [2.75, 3.05) is 33.2 Å². The lowest BCUT2D eigenvalue weighted by Crippen LogP contribution is -2.45. The van der Waals surface area contributed by atoms with Crippen LogP contribution < -0.4 is 4.72 Å². The normalized spacial score (nSPS) is 17.6. The molecule has 0 spiro atoms. The monoisotopic (exact) mass is 429 g/mol. The highest BCUT2D eigenvalue weighted by atomic mass is 32.2. The highest BCUT2D eigenvalue weighted by Crippen LogP contribution is 2.17. The lowest BCUT2D eigenvalue weighted by atomic mass is 9.98. The number of hydrogen-bond acceptors (Lipinski definition) is 4. The van der Waals surface area contributed by atoms with Crippen LogP contribution in [0.4, 0.5) is 0 Å². The number of amides is 1. The van der Waals surface area contributed by atoms with Gasteiger partial charge in [0.05, 0.1) is 11.4 Å². The predicted octanol–water partition coefficient (Wildman–Crippen LogP) is 2.64. The summed E-state index contributed by atoms with van der Waals surface area (Å²) in [5.74, 6) is 0.283. The maximum atomic E-state index is 12.6. The van der Waals surface area contributed by atoms with Crippen LogP contribution in [0.5, 0.6) is 0 Å². The molecule has 0 aromatic heterocycles. The van der Waals surface area contributed by atoms with Crippen LogP contribution in [-0.2, 0) is 21.4 Å². The molecule has 1 saturated heterocycles. The number of nitrogens with zero attached hydrogens (tertiary/aromatic N) is 2. The molecule has 3 rings (SSSR count). The Balaban J connectivity index is 1.49. The summed E-state index contributed by atoms with van der Waals surface area (Å²) in [6.07, 6.45) is 1.92. The summed E-state index contributed by atoms with van der Waals surface area (Å²) in [6.45, 7) is 4.87. The number of nitrogens with one attached hydrogen (secondary N) is 1. The zero-order valence-electron chi connectivity index (χ0n) is 17.8. The maximum Gasteiger partial charge on any atom is 0.240 e. The Hall–Kier alpha value is -2.22. The van der Waals surface area contributed by atoms with Gasteiger partial charge >= 0.3 is 0 Å². The van der Waals surface area contributed by atoms with Crippen molar-refractivity contribution >= 4 is 15.9 Å². The molecule has 1 aliphatic heterocycles. The van der Waals surface area contributed by atoms with Crippen LogP contribution in [0.2, 0.25) is 0 Å². The molecule has 6 nitrogen and oxygen atoms in total. The van der Waals surface area contributed by atoms with Crippen LogP contribution in [0.3, 0.4) is 0 Å². The average Bonchev–Trinajstić information content (AvgIpc) is 2.74. The number of sulfonamides is 1. The molecule has 0 aliphatic carbocycles. The molecule has 1 heterocycles. The summed E-state index contributed by atoms with van der Waals surface area (Å²) >= 11 is 0. The van der Waals surface area contributed by atoms with Gasteiger partial charge in [-0.3, -0.25) is 9.69 Å². The van der Waals surface area contributed by atoms with E-state index in [4.69, 9.17) is 0 Å². The van der Waals surface area contributed by atoms with E-state index >= 15 is 0 Å². The van der Waals surface area contributed by atoms with Gasteiger partial charge in [0.15, 0.2) is 0 Å². The first kappa shape index (κ1) is 22.5. The van der Waals surface area contributed by atoms with Gasteiger partial charge in [-0.25, -0.2) is 13.1 Å². The summed E-state index contributed by atoms with van der Waals surface area (Å²) in [7, 11) is -1.68. The largest absolute Gasteiger partial charge is 0.340 e. The molecule has 0 bridgehead atoms. The number of benzene rings is 2. The van der Waals surface area contributed by atoms with Gasteiger partial charge in [-0.1, -0.05) is 48.0 Å². The summed E-state index contributed by atoms with van der Waals surface area (Å²) in [5.41, 5.74) is 2.13. The van der Waals surface area contributed by atoms with Crippen molar-refractivity contribution in [3.8, 4) is 0 Å². The zero-order valence-corrected chi connectivity index (χ0v) is 18.6. The van der Waals surface area contributed by atoms with E-state index in [1.54, 1.807) is 29.2 Å². The molecule has 7 heteroatoms. The molecule has 0 radical (unpaired) electrons. The van der Waals surface area contributed by atoms with Gasteiger partial charge in [0.1, 0.15) is 0 Å². The second-order valence-electron chi connectivity index (χ2n) is 8.14. The number of carbonyl (C=O) groups excluding carboxylic acids is 1. The number of rotatable bonds is 8. The van der Waals surface area contributed by atoms with E-state index in [1.807, 2.05) is 44.3 Å². The number of likely N-dealkylation sites (N-methyl/N-ethyl adjacent to an activating group) is 1. The van der Waals surface area contributed by atoms with Crippen LogP contribution >= 0.6 is 0 Å². The van der Waals surface area contributed by atoms with Crippen LogP contribution in [0.15, 0.2) is 59.5 Å². The SMILES string of the molecule is Cc1ccc(S(=O)(=O)NCC2CCCN(CC(=O)N(C)Cc3ccccc3)C2)cc1. The average molecular weight is 430 g/mol. The second-order valence-corrected chi connectivity index (χ2v) is 9.91. The number of aryl methyl sites for hydroxylation is 1. The van der Waals surface area contributed by atoms with Gasteiger partial charge in [-0.2, -0.15) is 0 Å². The Morgan fingerprint density at radius 2 is 1.83 bits per heavy atom. The molecule has 1 unspecified atom stereocenters. The Morgan fingerprint density at radius 3 is 2.53 bits per heavy atom. The first-order valence-electron chi connectivity index (χ1n) is 10.4. The fourth-order valence-electron chi connectivity index (χ4n) is 3.75. The Morgan fingerprint density at radius 1 is 1.13 bits per heavy atom. The summed E-state index contributed by atoms with van der Waals surface area (Å²) in [6, 6.07) is 16.8. The molecular formula is C23H31N3O3S. The van der Waals surface area contributed by atoms with E-state index in [9.17, 15) is 13.2 Å². The Bertz CT molecular complexity index is 930. The van der Waals surface area contributed by atoms with Crippen molar-refractivity contribution in [2.24, 2.45) is 5.92 Å². The van der Waals surface area contributed by atoms with E-state index in [-0.39, 0.29) is 11.8 Å². The lowest BCUT2D eigenvalue weighted by Gasteiger charge is -2.33. The van der Waals surface area contributed by atoms with Gasteiger partial charge in [0.2, 0.25) is 15.9 Å². The number of carbonyl (C=O) groups is 1. The molecule has 30 heavy (non-hydrogen) atoms. The smallest absolute Gasteiger partial charge is 0.240 e. The summed E-state index contributed by atoms with van der Waals surface area (Å²) in [4.78, 5) is 16.8. The summed E-state index contributed by atoms with van der Waals surface area (Å²) < 4.78 is 27.8. The molecule has 0 saturated carbocycles. The van der Waals surface area contributed by atoms with Gasteiger partial charge in [0, 0.05) is 26.7 Å². The van der Waals surface area contributed by atoms with E-state index < -0.39 is 10.0 Å². The molecule has 1 amide bonds. The van der Waals surface area contributed by atoms with E-state index in [1.165, 1.54) is 0 Å². The second kappa shape index (κ2) is 10.2. The number of likely N-dealkylation sites (tertiary alicyclic amines) is 1. The molecular weight excluding hydrogens is 398 g/mol. The first-order chi connectivity index (χ1) is 14.3. The Labute approximate surface area is 179 Å². The molecule has 1 aliphatic rings. The third kappa shape index (κ3) is 6.39. The van der Waals surface area contributed by atoms with Crippen molar-refractivity contribution in [1.29, 1.82) is 0 Å². The van der Waals surface area contributed by atoms with Gasteiger partial charge in [0.25, 0.3) is 0 Å². The highest BCUT2D eigenvalue weighted by molar-refractivity contribution is 7.89. The first-order valence-corrected chi connectivity index (χ1v) is 11.9. The van der Waals surface area contributed by atoms with Gasteiger partial charge in [-0.05, 0) is 49.9 Å². The van der Waals surface area contributed by atoms with Gasteiger partial charge in [-0.15, -0.1) is 0 Å². The minimum atomic E-state index is -3.51. The van der Waals surface area contributed by atoms with E-state index in [2.05, 4.69) is 9.62 Å². The quantitative estimate of drug-likeness (QED) is 0.700. The van der Waals surface area contributed by atoms with Gasteiger partial charge < -0.3 is 4.90 Å². The number of piperidine rings is 1. The van der Waals surface area contributed by atoms with E-state index in [0.717, 1.165) is 37.1 Å². The van der Waals surface area contributed by atoms with Crippen LogP contribution in [-0.4, -0.2) is 57.4 Å². The van der Waals surface area contributed by atoms with Crippen molar-refractivity contribution in [1.82, 2.24) is 14.5 Å². The van der Waals surface area contributed by atoms with Crippen LogP contribution in [0.1, 0.15) is 24.0 Å². The van der Waals surface area contributed by atoms with Crippen molar-refractivity contribution in [3.63, 3.8) is 0 Å². The lowest BCUT2D eigenvalue weighted by molar-refractivity contribution is -0.132. The molecule has 162 valence electrons. The topological polar surface area (TPSA) is 69.7 Å². The van der Waals surface area contributed by atoms with Crippen LogP contribution in [0.25, 0.3) is 0 Å². The third-order valence-corrected chi connectivity index (χ3v) is 6.98. The Kier molecular flexibility index (Phi) is 7.64. The van der Waals surface area contributed by atoms with Crippen molar-refractivity contribution < 1.29 is 13.2 Å². The standard InChI is InChI=1S/C23H31N3O3S/c1-19-10-12-22(13-11-19)30(28,29)24-15-21-9-6-14-26(17-21)18-23(27)25(2)16-20-7-4-3-5-8-20/h3-5,7-8,10-13,21,24H,6,9,14-18H2,1-2H3. The third-order valence-electron chi connectivity index (χ3n) is 5.54. The maximum absolute atomic E-state index is 12.6. The molecule has 2 aromatic carbocycles. The van der Waals surface area contributed by atoms with Crippen LogP contribution in [0, 0.1) is 12.8 Å². The number of hydrogen-bond donors (Lipinski definition) is 1. The zero-order chi connectivity index (χ0) is 21.6. The molecule has 1 atom stereocenters. The van der Waals surface area contributed by atoms with E-state index in [0.29, 0.717) is 24.5 Å². The predicted molar refractivity (Wildman–Crippen MR) is 118 cm³/mol. The van der Waals surface area contributed by atoms with Crippen molar-refractivity contribution in [3.05, 3.63) is 65.7 Å². The highest BCUT2D eigenvalue weighted by Gasteiger charge is 2.24. The molecule has 1 N–H and O–H groups in total. The minimum absolute atomic E-state index is 0.0831. The fourth-order valence-corrected chi connectivity index (χ4v) is 4.86. The van der Waals surface area contributed by atoms with Crippen molar-refractivity contribution in [2.45, 2.75) is 31.2 Å².